The maximum Gasteiger partial charge on any atom is 0.157 e. The third kappa shape index (κ3) is 3.33. The minimum Gasteiger partial charge on any atom is -0.265 e. The smallest absolute Gasteiger partial charge is 0.157 e. The Kier molecular flexibility index (Phi) is 4.23. The highest BCUT2D eigenvalue weighted by Gasteiger charge is 2.08. The lowest BCUT2D eigenvalue weighted by Gasteiger charge is -2.06. The normalized spacial score (nSPS) is 11.0. The fourth-order valence-electron chi connectivity index (χ4n) is 2.95. The number of aromatic nitrogens is 7. The van der Waals surface area contributed by atoms with Crippen molar-refractivity contribution < 1.29 is 0 Å². The molecule has 0 fully saturated rings. The van der Waals surface area contributed by atoms with Gasteiger partial charge in [0.15, 0.2) is 5.82 Å². The Labute approximate surface area is 165 Å². The van der Waals surface area contributed by atoms with Crippen LogP contribution in [0.3, 0.4) is 0 Å². The summed E-state index contributed by atoms with van der Waals surface area (Å²) in [5, 5.41) is 11.9. The first-order valence-electron chi connectivity index (χ1n) is 8.70. The minimum atomic E-state index is 0.677. The van der Waals surface area contributed by atoms with Crippen molar-refractivity contribution in [2.24, 2.45) is 0 Å². The van der Waals surface area contributed by atoms with Crippen molar-refractivity contribution in [2.75, 3.05) is 0 Å². The van der Waals surface area contributed by atoms with Crippen LogP contribution in [0.4, 0.5) is 0 Å². The predicted octanol–water partition coefficient (Wildman–Crippen LogP) is 3.70. The van der Waals surface area contributed by atoms with Crippen LogP contribution in [-0.4, -0.2) is 34.5 Å². The minimum absolute atomic E-state index is 0.677. The van der Waals surface area contributed by atoms with Gasteiger partial charge < -0.3 is 0 Å². The van der Waals surface area contributed by atoms with Crippen LogP contribution in [-0.2, 0) is 6.54 Å². The highest BCUT2D eigenvalue weighted by molar-refractivity contribution is 7.09. The van der Waals surface area contributed by atoms with Crippen LogP contribution in [0.1, 0.15) is 5.01 Å². The molecule has 5 rings (SSSR count). The number of rotatable bonds is 5. The standard InChI is InChI=1S/C20H15N7S/c1-3-15(17-5-9-26(25-17)13-20-21-7-10-28-20)11-16(4-1)18-12-19(23-14-22-18)27-8-2-6-24-27/h1-12,14H,13H2. The Morgan fingerprint density at radius 1 is 0.857 bits per heavy atom. The van der Waals surface area contributed by atoms with Crippen molar-refractivity contribution in [3.8, 4) is 28.3 Å². The van der Waals surface area contributed by atoms with E-state index in [4.69, 9.17) is 0 Å². The van der Waals surface area contributed by atoms with Gasteiger partial charge in [0.05, 0.1) is 17.9 Å². The van der Waals surface area contributed by atoms with E-state index in [0.29, 0.717) is 6.54 Å². The highest BCUT2D eigenvalue weighted by Crippen LogP contribution is 2.25. The van der Waals surface area contributed by atoms with E-state index in [0.717, 1.165) is 33.3 Å². The summed E-state index contributed by atoms with van der Waals surface area (Å²) in [7, 11) is 0. The van der Waals surface area contributed by atoms with Gasteiger partial charge in [0.25, 0.3) is 0 Å². The molecule has 5 aromatic rings. The second kappa shape index (κ2) is 7.16. The molecule has 0 spiro atoms. The average molecular weight is 385 g/mol. The Bertz CT molecular complexity index is 1190. The summed E-state index contributed by atoms with van der Waals surface area (Å²) in [5.41, 5.74) is 3.79. The van der Waals surface area contributed by atoms with Gasteiger partial charge in [-0.3, -0.25) is 4.68 Å². The van der Waals surface area contributed by atoms with Crippen LogP contribution in [0.15, 0.2) is 79.0 Å². The van der Waals surface area contributed by atoms with E-state index in [1.54, 1.807) is 28.5 Å². The zero-order chi connectivity index (χ0) is 18.8. The van der Waals surface area contributed by atoms with E-state index in [1.165, 1.54) is 0 Å². The SMILES string of the molecule is c1cc(-c2cc(-n3cccn3)ncn2)cc(-c2ccn(Cc3nccs3)n2)c1. The van der Waals surface area contributed by atoms with Crippen molar-refractivity contribution >= 4 is 11.3 Å². The second-order valence-electron chi connectivity index (χ2n) is 6.12. The van der Waals surface area contributed by atoms with Crippen molar-refractivity contribution in [1.29, 1.82) is 0 Å². The number of thiazole rings is 1. The molecule has 4 heterocycles. The first kappa shape index (κ1) is 16.5. The molecule has 8 heteroatoms. The van der Waals surface area contributed by atoms with Gasteiger partial charge in [0.2, 0.25) is 0 Å². The van der Waals surface area contributed by atoms with Crippen LogP contribution < -0.4 is 0 Å². The highest BCUT2D eigenvalue weighted by atomic mass is 32.1. The molecule has 0 bridgehead atoms. The molecular formula is C20H15N7S. The Morgan fingerprint density at radius 3 is 2.61 bits per heavy atom. The lowest BCUT2D eigenvalue weighted by Crippen LogP contribution is -2.00. The molecule has 0 amide bonds. The maximum absolute atomic E-state index is 4.68. The molecule has 0 aliphatic rings. The van der Waals surface area contributed by atoms with E-state index in [1.807, 2.05) is 59.0 Å². The predicted molar refractivity (Wildman–Crippen MR) is 107 cm³/mol. The first-order chi connectivity index (χ1) is 13.8. The van der Waals surface area contributed by atoms with Crippen LogP contribution in [0, 0.1) is 0 Å². The topological polar surface area (TPSA) is 74.3 Å². The van der Waals surface area contributed by atoms with Crippen LogP contribution >= 0.6 is 11.3 Å². The Hall–Kier alpha value is -3.65. The van der Waals surface area contributed by atoms with Gasteiger partial charge in [0.1, 0.15) is 11.3 Å². The lowest BCUT2D eigenvalue weighted by molar-refractivity contribution is 0.686. The lowest BCUT2D eigenvalue weighted by atomic mass is 10.1. The monoisotopic (exact) mass is 385 g/mol. The van der Waals surface area contributed by atoms with Crippen molar-refractivity contribution in [2.45, 2.75) is 6.54 Å². The summed E-state index contributed by atoms with van der Waals surface area (Å²) in [5.74, 6) is 0.730. The molecule has 7 nitrogen and oxygen atoms in total. The molecule has 4 aromatic heterocycles. The van der Waals surface area contributed by atoms with Gasteiger partial charge in [-0.2, -0.15) is 10.2 Å². The Balaban J connectivity index is 1.44. The molecule has 0 unspecified atom stereocenters. The van der Waals surface area contributed by atoms with E-state index >= 15 is 0 Å². The summed E-state index contributed by atoms with van der Waals surface area (Å²) in [6.45, 7) is 0.677. The molecule has 0 saturated carbocycles. The molecule has 0 aliphatic carbocycles. The quantitative estimate of drug-likeness (QED) is 0.461. The molecule has 0 N–H and O–H groups in total. The Morgan fingerprint density at radius 2 is 1.79 bits per heavy atom. The number of hydrogen-bond donors (Lipinski definition) is 0. The summed E-state index contributed by atoms with van der Waals surface area (Å²) in [6, 6.07) is 14.0. The molecular weight excluding hydrogens is 370 g/mol. The van der Waals surface area contributed by atoms with Crippen molar-refractivity contribution in [3.63, 3.8) is 0 Å². The summed E-state index contributed by atoms with van der Waals surface area (Å²) >= 11 is 1.63. The molecule has 0 atom stereocenters. The van der Waals surface area contributed by atoms with Crippen LogP contribution in [0.5, 0.6) is 0 Å². The van der Waals surface area contributed by atoms with Gasteiger partial charge in [-0.25, -0.2) is 19.6 Å². The van der Waals surface area contributed by atoms with E-state index in [9.17, 15) is 0 Å². The summed E-state index contributed by atoms with van der Waals surface area (Å²) in [6.07, 6.45) is 8.93. The summed E-state index contributed by atoms with van der Waals surface area (Å²) in [4.78, 5) is 13.0. The third-order valence-corrected chi connectivity index (χ3v) is 5.03. The van der Waals surface area contributed by atoms with E-state index in [-0.39, 0.29) is 0 Å². The fourth-order valence-corrected chi connectivity index (χ4v) is 3.55. The van der Waals surface area contributed by atoms with Gasteiger partial charge in [-0.1, -0.05) is 18.2 Å². The van der Waals surface area contributed by atoms with Crippen LogP contribution in [0.2, 0.25) is 0 Å². The molecule has 28 heavy (non-hydrogen) atoms. The first-order valence-corrected chi connectivity index (χ1v) is 9.58. The van der Waals surface area contributed by atoms with Gasteiger partial charge in [-0.05, 0) is 18.2 Å². The molecule has 0 radical (unpaired) electrons. The second-order valence-corrected chi connectivity index (χ2v) is 7.10. The van der Waals surface area contributed by atoms with E-state index in [2.05, 4.69) is 37.3 Å². The summed E-state index contributed by atoms with van der Waals surface area (Å²) < 4.78 is 3.62. The molecule has 136 valence electrons. The largest absolute Gasteiger partial charge is 0.265 e. The number of nitrogens with zero attached hydrogens (tertiary/aromatic N) is 7. The van der Waals surface area contributed by atoms with Crippen molar-refractivity contribution in [1.82, 2.24) is 34.5 Å². The van der Waals surface area contributed by atoms with Gasteiger partial charge in [-0.15, -0.1) is 11.3 Å². The zero-order valence-corrected chi connectivity index (χ0v) is 15.6. The van der Waals surface area contributed by atoms with Crippen molar-refractivity contribution in [3.05, 3.63) is 84.0 Å². The molecule has 0 aliphatic heterocycles. The number of benzene rings is 1. The third-order valence-electron chi connectivity index (χ3n) is 4.27. The fraction of sp³-hybridized carbons (Fsp3) is 0.0500. The van der Waals surface area contributed by atoms with Gasteiger partial charge >= 0.3 is 0 Å². The molecule has 1 aromatic carbocycles. The van der Waals surface area contributed by atoms with Crippen LogP contribution in [0.25, 0.3) is 28.3 Å². The maximum atomic E-state index is 4.68. The zero-order valence-electron chi connectivity index (χ0n) is 14.8. The van der Waals surface area contributed by atoms with Gasteiger partial charge in [0, 0.05) is 47.4 Å². The average Bonchev–Trinajstić information content (AvgIpc) is 3.51. The molecule has 0 saturated heterocycles. The number of hydrogen-bond acceptors (Lipinski definition) is 6. The van der Waals surface area contributed by atoms with E-state index < -0.39 is 0 Å².